The van der Waals surface area contributed by atoms with Gasteiger partial charge in [0, 0.05) is 153 Å². The highest BCUT2D eigenvalue weighted by atomic mass is 16.6. The molecule has 0 aliphatic carbocycles. The smallest absolute Gasteiger partial charge is 0.323 e. The Hall–Kier alpha value is -7.16. The maximum absolute atomic E-state index is 13.1. The molecule has 0 radical (unpaired) electrons. The number of hydrogen-bond donors (Lipinski definition) is 4. The van der Waals surface area contributed by atoms with Crippen molar-refractivity contribution in [2.45, 2.75) is 260 Å². The summed E-state index contributed by atoms with van der Waals surface area (Å²) in [6.45, 7) is 15.0. The Morgan fingerprint density at radius 3 is 0.692 bits per heavy atom. The Morgan fingerprint density at radius 1 is 0.342 bits per heavy atom. The molecule has 8 aliphatic heterocycles. The zero-order valence-electron chi connectivity index (χ0n) is 111. The summed E-state index contributed by atoms with van der Waals surface area (Å²) in [5, 5.41) is 0. The Bertz CT molecular complexity index is 5640. The molecule has 4 fully saturated rings. The summed E-state index contributed by atoms with van der Waals surface area (Å²) in [5.41, 5.74) is 22.5. The lowest BCUT2D eigenvalue weighted by molar-refractivity contribution is -0.161. The van der Waals surface area contributed by atoms with Crippen molar-refractivity contribution in [3.63, 3.8) is 0 Å². The number of piperidine rings is 4. The summed E-state index contributed by atoms with van der Waals surface area (Å²) in [6.07, 6.45) is -21.6. The second kappa shape index (κ2) is 43.9. The van der Waals surface area contributed by atoms with E-state index in [9.17, 15) is 41.1 Å². The monoisotopic (exact) mass is 1710 g/mol. The maximum atomic E-state index is 13.1. The molecule has 4 aromatic carbocycles. The Morgan fingerprint density at radius 2 is 0.525 bits per heavy atom. The average molecular weight is 1710 g/mol. The largest absolute Gasteiger partial charge is 0.493 e. The molecule has 4 saturated heterocycles. The standard InChI is InChI=1S/4C24H38N2O4/c4*1-14(2)9-17-13-26-8-7-16-10-21(28-5)22(29-6)11-18(16)19(26)12-20(17)30-24(27)23(25)15(3)4/h4*10-11,14-15,17,19-20,23H,7-9,12-13,25H2,1-6H3/t4*17?,19?,20?,23-/m0000/s1/i2*5D3,10D,11D,12D2,13D2,17D,19D;2*10D,11D,12D2,13D2,17D,19D. The molecule has 0 bridgehead atoms. The number of rotatable bonds is 28. The highest BCUT2D eigenvalue weighted by Crippen LogP contribution is 2.50. The fourth-order valence-electron chi connectivity index (χ4n) is 13.9. The van der Waals surface area contributed by atoms with Gasteiger partial charge in [-0.3, -0.25) is 38.8 Å². The number of carbonyl (C=O) groups excluding carboxylic acids is 4. The van der Waals surface area contributed by atoms with Crippen molar-refractivity contribution in [1.82, 2.24) is 19.6 Å². The molecule has 16 atom stereocenters. The molecule has 8 heterocycles. The first-order valence-corrected chi connectivity index (χ1v) is 41.0. The van der Waals surface area contributed by atoms with Crippen molar-refractivity contribution in [1.29, 1.82) is 0 Å². The van der Waals surface area contributed by atoms with E-state index >= 15 is 0 Å². The van der Waals surface area contributed by atoms with Gasteiger partial charge in [-0.2, -0.15) is 0 Å². The highest BCUT2D eigenvalue weighted by molar-refractivity contribution is 5.77. The first kappa shape index (κ1) is 55.9. The number of ether oxygens (including phenoxy) is 12. The van der Waals surface area contributed by atoms with Crippen molar-refractivity contribution in [3.8, 4) is 46.0 Å². The van der Waals surface area contributed by atoms with Gasteiger partial charge in [-0.1, -0.05) is 111 Å². The topological polar surface area (TPSA) is 296 Å². The van der Waals surface area contributed by atoms with Crippen LogP contribution in [-0.4, -0.2) is 201 Å². The fourth-order valence-corrected chi connectivity index (χ4v) is 13.9. The van der Waals surface area contributed by atoms with Gasteiger partial charge in [-0.05, 0) is 192 Å². The molecule has 8 N–H and O–H groups in total. The van der Waals surface area contributed by atoms with Crippen LogP contribution >= 0.6 is 0 Å². The number of nitrogens with two attached hydrogens (primary N) is 4. The zero-order chi connectivity index (χ0) is 122. The Kier molecular flexibility index (Phi) is 20.5. The predicted molar refractivity (Wildman–Crippen MR) is 471 cm³/mol. The SMILES string of the molecule is [2H]c1c2c(c([2H])c(OC)c1OC([2H])([2H])[2H])C1([2H])N(CC2)C([2H])([2H])C([2H])(CC(C)C)C(OC(=O)[C@@H](N)C(C)C)C1([2H])[2H].[2H]c1c2c(c([2H])c(OC)c1OC([2H])([2H])[2H])C1([2H])N(CC2)C([2H])([2H])C([2H])(CC(C)C)C(OC(=O)[C@@H](N)C(C)C)C1([2H])[2H].[2H]c1c2c(c([2H])c(OC)c1OC)C1([2H])N(CC2)C([2H])([2H])C([2H])(CC(C)C)C(OC(=O)[C@@H](N)C(C)C)C1([2H])[2H].[2H]c1c2c(c([2H])c(OC)c1OC)C1([2H])N(CC2)C([2H])([2H])C([2H])(CC(C)C)C(OC(=O)[C@@H](N)C(C)C)C1([2H])[2H]. The van der Waals surface area contributed by atoms with Crippen LogP contribution in [0.3, 0.4) is 0 Å². The molecule has 24 nitrogen and oxygen atoms in total. The predicted octanol–water partition coefficient (Wildman–Crippen LogP) is 14.3. The van der Waals surface area contributed by atoms with Gasteiger partial charge < -0.3 is 79.8 Å². The number of hydrogen-bond acceptors (Lipinski definition) is 24. The number of benzene rings is 4. The minimum atomic E-state index is -3.05. The van der Waals surface area contributed by atoms with E-state index in [0.29, 0.717) is 0 Å². The normalized spacial score (nSPS) is 38.0. The third-order valence-corrected chi connectivity index (χ3v) is 20.7. The lowest BCUT2D eigenvalue weighted by Gasteiger charge is -2.47. The van der Waals surface area contributed by atoms with E-state index in [2.05, 4.69) is 0 Å². The summed E-state index contributed by atoms with van der Waals surface area (Å²) >= 11 is 0. The van der Waals surface area contributed by atoms with Crippen LogP contribution in [0.1, 0.15) is 283 Å². The molecular weight excluding hydrogens is 1520 g/mol. The first-order chi connectivity index (χ1) is 71.7. The van der Waals surface area contributed by atoms with Crippen LogP contribution in [0.2, 0.25) is 0 Å². The fraction of sp³-hybridized carbons (Fsp3) is 0.708. The van der Waals surface area contributed by atoms with E-state index in [0.717, 1.165) is 33.8 Å². The van der Waals surface area contributed by atoms with Crippen LogP contribution in [-0.2, 0) is 63.8 Å². The number of esters is 4. The van der Waals surface area contributed by atoms with Gasteiger partial charge in [0.1, 0.15) is 48.6 Å². The first-order valence-electron chi connectivity index (χ1n) is 60.0. The van der Waals surface area contributed by atoms with E-state index in [-0.39, 0.29) is 182 Å². The van der Waals surface area contributed by atoms with Gasteiger partial charge >= 0.3 is 23.9 Å². The minimum Gasteiger partial charge on any atom is -0.493 e. The molecule has 4 aromatic rings. The number of carbonyl (C=O) groups is 4. The molecule has 0 spiro atoms. The van der Waals surface area contributed by atoms with Gasteiger partial charge in [-0.25, -0.2) is 0 Å². The Balaban J connectivity index is 0.000000233. The molecule has 0 aromatic heterocycles. The van der Waals surface area contributed by atoms with Crippen LogP contribution in [0, 0.1) is 70.9 Å². The molecular formula is C96H152N8O16. The van der Waals surface area contributed by atoms with Crippen LogP contribution in [0.5, 0.6) is 46.0 Å². The number of nitrogens with zero attached hydrogens (tertiary/aromatic N) is 4. The number of fused-ring (bicyclic) bond motifs is 12. The summed E-state index contributed by atoms with van der Waals surface area (Å²) in [5.74, 6) is -19.3. The second-order valence-corrected chi connectivity index (χ2v) is 33.3. The highest BCUT2D eigenvalue weighted by Gasteiger charge is 2.47. The van der Waals surface area contributed by atoms with E-state index in [4.69, 9.17) is 110 Å². The van der Waals surface area contributed by atoms with Crippen molar-refractivity contribution < 1.29 is 128 Å². The molecule has 12 unspecified atom stereocenters. The van der Waals surface area contributed by atoms with Crippen molar-refractivity contribution in [3.05, 3.63) is 92.8 Å². The number of methoxy groups -OCH3 is 8. The molecule has 8 aliphatic rings. The summed E-state index contributed by atoms with van der Waals surface area (Å²) < 4.78 is 402. The Labute approximate surface area is 772 Å². The van der Waals surface area contributed by atoms with E-state index < -0.39 is 268 Å². The van der Waals surface area contributed by atoms with Gasteiger partial charge in [0.15, 0.2) is 46.0 Å². The van der Waals surface area contributed by atoms with E-state index in [1.807, 2.05) is 0 Å². The van der Waals surface area contributed by atoms with Crippen LogP contribution in [0.25, 0.3) is 0 Å². The van der Waals surface area contributed by atoms with E-state index in [1.54, 1.807) is 111 Å². The molecule has 12 rings (SSSR count). The third kappa shape index (κ3) is 23.8. The summed E-state index contributed by atoms with van der Waals surface area (Å²) in [7, 11) is 1.26. The van der Waals surface area contributed by atoms with Crippen molar-refractivity contribution >= 4 is 23.9 Å². The van der Waals surface area contributed by atoms with Gasteiger partial charge in [0.05, 0.1) is 81.4 Å². The van der Waals surface area contributed by atoms with Gasteiger partial charge in [-0.15, -0.1) is 0 Å². The lowest BCUT2D eigenvalue weighted by atomic mass is 9.79. The third-order valence-electron chi connectivity index (χ3n) is 20.7. The average Bonchev–Trinajstić information content (AvgIpc) is 0.675. The molecule has 672 valence electrons. The summed E-state index contributed by atoms with van der Waals surface area (Å²) in [4.78, 5) is 55.8. The van der Waals surface area contributed by atoms with Gasteiger partial charge in [0.25, 0.3) is 0 Å². The van der Waals surface area contributed by atoms with Crippen molar-refractivity contribution in [2.75, 3.05) is 109 Å². The van der Waals surface area contributed by atoms with Crippen LogP contribution in [0.15, 0.2) is 48.3 Å². The van der Waals surface area contributed by atoms with Crippen LogP contribution < -0.4 is 60.8 Å². The molecule has 0 amide bonds. The zero-order valence-corrected chi connectivity index (χ0v) is 73.4. The second-order valence-electron chi connectivity index (χ2n) is 33.3. The van der Waals surface area contributed by atoms with E-state index in [1.165, 1.54) is 28.4 Å². The molecule has 24 heteroatoms. The minimum absolute atomic E-state index is 0.0110. The van der Waals surface area contributed by atoms with Crippen LogP contribution in [0.4, 0.5) is 0 Å². The molecule has 0 saturated carbocycles. The van der Waals surface area contributed by atoms with Crippen molar-refractivity contribution in [2.24, 2.45) is 93.9 Å². The maximum Gasteiger partial charge on any atom is 0.323 e. The summed E-state index contributed by atoms with van der Waals surface area (Å²) in [6, 6.07) is -19.4. The lowest BCUT2D eigenvalue weighted by Crippen LogP contribution is -2.51. The molecule has 120 heavy (non-hydrogen) atoms. The quantitative estimate of drug-likeness (QED) is 0.0303. The van der Waals surface area contributed by atoms with Gasteiger partial charge in [0.2, 0.25) is 0 Å².